The van der Waals surface area contributed by atoms with Gasteiger partial charge in [-0.1, -0.05) is 6.08 Å². The molecule has 0 bridgehead atoms. The minimum Gasteiger partial charge on any atom is -0.479 e. The topological polar surface area (TPSA) is 55.8 Å². The van der Waals surface area contributed by atoms with Crippen LogP contribution in [0.3, 0.4) is 0 Å². The molecule has 13 heavy (non-hydrogen) atoms. The van der Waals surface area contributed by atoms with Crippen molar-refractivity contribution in [3.63, 3.8) is 0 Å². The first-order valence-corrected chi connectivity index (χ1v) is 4.25. The minimum absolute atomic E-state index is 0.372. The number of rotatable bonds is 8. The lowest BCUT2D eigenvalue weighted by Crippen LogP contribution is -2.25. The van der Waals surface area contributed by atoms with E-state index in [2.05, 4.69) is 6.58 Å². The molecule has 0 aliphatic heterocycles. The molecule has 0 aromatic rings. The number of aliphatic carboxylic acids is 1. The molecule has 1 N–H and O–H groups in total. The molecule has 1 unspecified atom stereocenters. The lowest BCUT2D eigenvalue weighted by atomic mass is 10.2. The Balaban J connectivity index is 3.56. The Morgan fingerprint density at radius 3 is 2.85 bits per heavy atom. The fourth-order valence-corrected chi connectivity index (χ4v) is 0.836. The van der Waals surface area contributed by atoms with E-state index in [0.29, 0.717) is 26.2 Å². The van der Waals surface area contributed by atoms with E-state index in [4.69, 9.17) is 14.6 Å². The maximum atomic E-state index is 10.6. The van der Waals surface area contributed by atoms with Gasteiger partial charge in [-0.05, 0) is 6.92 Å². The summed E-state index contributed by atoms with van der Waals surface area (Å²) in [4.78, 5) is 10.6. The van der Waals surface area contributed by atoms with Gasteiger partial charge >= 0.3 is 5.97 Å². The number of carbonyl (C=O) groups is 1. The van der Waals surface area contributed by atoms with Crippen molar-refractivity contribution in [1.29, 1.82) is 0 Å². The third-order valence-electron chi connectivity index (χ3n) is 1.40. The third kappa shape index (κ3) is 6.31. The van der Waals surface area contributed by atoms with Crippen LogP contribution in [0.15, 0.2) is 12.7 Å². The van der Waals surface area contributed by atoms with E-state index in [1.165, 1.54) is 0 Å². The van der Waals surface area contributed by atoms with E-state index in [1.54, 1.807) is 13.0 Å². The van der Waals surface area contributed by atoms with Gasteiger partial charge in [-0.3, -0.25) is 0 Å². The van der Waals surface area contributed by atoms with E-state index in [1.807, 2.05) is 0 Å². The van der Waals surface area contributed by atoms with Crippen molar-refractivity contribution < 1.29 is 19.4 Å². The van der Waals surface area contributed by atoms with Gasteiger partial charge in [0.05, 0.1) is 13.2 Å². The maximum absolute atomic E-state index is 10.6. The predicted octanol–water partition coefficient (Wildman–Crippen LogP) is 1.07. The normalized spacial score (nSPS) is 12.4. The monoisotopic (exact) mass is 188 g/mol. The zero-order valence-electron chi connectivity index (χ0n) is 7.86. The predicted molar refractivity (Wildman–Crippen MR) is 48.7 cm³/mol. The number of carboxylic acids is 1. The molecule has 0 rings (SSSR count). The van der Waals surface area contributed by atoms with Crippen molar-refractivity contribution in [3.8, 4) is 0 Å². The van der Waals surface area contributed by atoms with Crippen molar-refractivity contribution in [3.05, 3.63) is 12.7 Å². The zero-order valence-corrected chi connectivity index (χ0v) is 7.86. The average molecular weight is 188 g/mol. The number of hydrogen-bond donors (Lipinski definition) is 1. The highest BCUT2D eigenvalue weighted by Gasteiger charge is 2.16. The van der Waals surface area contributed by atoms with Crippen LogP contribution < -0.4 is 0 Å². The lowest BCUT2D eigenvalue weighted by molar-refractivity contribution is -0.151. The summed E-state index contributed by atoms with van der Waals surface area (Å²) in [5.41, 5.74) is 0. The van der Waals surface area contributed by atoms with Gasteiger partial charge in [0, 0.05) is 13.0 Å². The smallest absolute Gasteiger partial charge is 0.332 e. The van der Waals surface area contributed by atoms with E-state index < -0.39 is 12.1 Å². The summed E-state index contributed by atoms with van der Waals surface area (Å²) in [5.74, 6) is -0.941. The molecule has 4 heteroatoms. The second-order valence-corrected chi connectivity index (χ2v) is 2.43. The molecular formula is C9H16O4. The van der Waals surface area contributed by atoms with Gasteiger partial charge in [0.25, 0.3) is 0 Å². The van der Waals surface area contributed by atoms with Crippen molar-refractivity contribution in [2.24, 2.45) is 0 Å². The van der Waals surface area contributed by atoms with E-state index in [0.717, 1.165) is 0 Å². The summed E-state index contributed by atoms with van der Waals surface area (Å²) in [7, 11) is 0. The molecule has 1 atom stereocenters. The molecular weight excluding hydrogens is 172 g/mol. The zero-order chi connectivity index (χ0) is 10.1. The number of hydrogen-bond acceptors (Lipinski definition) is 3. The van der Waals surface area contributed by atoms with E-state index in [9.17, 15) is 4.79 Å². The van der Waals surface area contributed by atoms with Gasteiger partial charge in [0.15, 0.2) is 6.10 Å². The highest BCUT2D eigenvalue weighted by Crippen LogP contribution is 1.99. The summed E-state index contributed by atoms with van der Waals surface area (Å²) in [6, 6.07) is 0. The summed E-state index contributed by atoms with van der Waals surface area (Å²) < 4.78 is 10.0. The summed E-state index contributed by atoms with van der Waals surface area (Å²) in [6.07, 6.45) is 1.24. The lowest BCUT2D eigenvalue weighted by Gasteiger charge is -2.11. The first-order chi connectivity index (χ1) is 6.22. The Kier molecular flexibility index (Phi) is 7.24. The Morgan fingerprint density at radius 1 is 1.69 bits per heavy atom. The third-order valence-corrected chi connectivity index (χ3v) is 1.40. The van der Waals surface area contributed by atoms with Crippen LogP contribution in [-0.4, -0.2) is 37.0 Å². The number of ether oxygens (including phenoxy) is 2. The SMILES string of the molecule is C=CCOCCC(OCC)C(=O)O. The fraction of sp³-hybridized carbons (Fsp3) is 0.667. The molecule has 0 heterocycles. The van der Waals surface area contributed by atoms with Crippen LogP contribution in [0.25, 0.3) is 0 Å². The van der Waals surface area contributed by atoms with Crippen LogP contribution in [0.2, 0.25) is 0 Å². The molecule has 0 radical (unpaired) electrons. The highest BCUT2D eigenvalue weighted by atomic mass is 16.5. The van der Waals surface area contributed by atoms with Crippen LogP contribution in [0.1, 0.15) is 13.3 Å². The average Bonchev–Trinajstić information content (AvgIpc) is 2.10. The van der Waals surface area contributed by atoms with Gasteiger partial charge < -0.3 is 14.6 Å². The van der Waals surface area contributed by atoms with Crippen LogP contribution in [0.4, 0.5) is 0 Å². The van der Waals surface area contributed by atoms with Crippen molar-refractivity contribution in [1.82, 2.24) is 0 Å². The van der Waals surface area contributed by atoms with Crippen LogP contribution >= 0.6 is 0 Å². The molecule has 0 saturated heterocycles. The van der Waals surface area contributed by atoms with Gasteiger partial charge in [0.2, 0.25) is 0 Å². The van der Waals surface area contributed by atoms with Crippen LogP contribution in [0, 0.1) is 0 Å². The Labute approximate surface area is 78.2 Å². The van der Waals surface area contributed by atoms with Gasteiger partial charge in [-0.2, -0.15) is 0 Å². The van der Waals surface area contributed by atoms with Crippen molar-refractivity contribution >= 4 is 5.97 Å². The highest BCUT2D eigenvalue weighted by molar-refractivity contribution is 5.72. The molecule has 0 fully saturated rings. The minimum atomic E-state index is -0.941. The van der Waals surface area contributed by atoms with Gasteiger partial charge in [0.1, 0.15) is 0 Å². The molecule has 0 aromatic heterocycles. The van der Waals surface area contributed by atoms with E-state index in [-0.39, 0.29) is 0 Å². The summed E-state index contributed by atoms with van der Waals surface area (Å²) in [6.45, 7) is 6.46. The quantitative estimate of drug-likeness (QED) is 0.457. The molecule has 4 nitrogen and oxygen atoms in total. The molecule has 0 spiro atoms. The Morgan fingerprint density at radius 2 is 2.38 bits per heavy atom. The first-order valence-electron chi connectivity index (χ1n) is 4.25. The summed E-state index contributed by atoms with van der Waals surface area (Å²) >= 11 is 0. The second kappa shape index (κ2) is 7.76. The number of carboxylic acid groups (broad SMARTS) is 1. The van der Waals surface area contributed by atoms with Gasteiger partial charge in [-0.25, -0.2) is 4.79 Å². The molecule has 0 aromatic carbocycles. The second-order valence-electron chi connectivity index (χ2n) is 2.43. The molecule has 0 aliphatic rings. The first kappa shape index (κ1) is 12.1. The standard InChI is InChI=1S/C9H16O4/c1-3-6-12-7-5-8(9(10)11)13-4-2/h3,8H,1,4-7H2,2H3,(H,10,11). The van der Waals surface area contributed by atoms with Gasteiger partial charge in [-0.15, -0.1) is 6.58 Å². The fourth-order valence-electron chi connectivity index (χ4n) is 0.836. The Hall–Kier alpha value is -0.870. The van der Waals surface area contributed by atoms with Crippen molar-refractivity contribution in [2.75, 3.05) is 19.8 Å². The van der Waals surface area contributed by atoms with Crippen LogP contribution in [0.5, 0.6) is 0 Å². The van der Waals surface area contributed by atoms with Crippen LogP contribution in [-0.2, 0) is 14.3 Å². The summed E-state index contributed by atoms with van der Waals surface area (Å²) in [5, 5.41) is 8.66. The largest absolute Gasteiger partial charge is 0.479 e. The van der Waals surface area contributed by atoms with E-state index >= 15 is 0 Å². The molecule has 76 valence electrons. The Bertz CT molecular complexity index is 156. The molecule has 0 aliphatic carbocycles. The maximum Gasteiger partial charge on any atom is 0.332 e. The molecule has 0 saturated carbocycles. The van der Waals surface area contributed by atoms with Crippen molar-refractivity contribution in [2.45, 2.75) is 19.4 Å². The molecule has 0 amide bonds.